The van der Waals surface area contributed by atoms with Gasteiger partial charge in [0.25, 0.3) is 0 Å². The molecule has 2 fully saturated rings. The number of alkyl carbamates (subject to hydrolysis) is 1. The van der Waals surface area contributed by atoms with E-state index in [2.05, 4.69) is 11.4 Å². The van der Waals surface area contributed by atoms with E-state index in [1.807, 2.05) is 44.2 Å². The molecule has 0 radical (unpaired) electrons. The Balaban J connectivity index is 1.38. The molecule has 12 nitrogen and oxygen atoms in total. The quantitative estimate of drug-likeness (QED) is 0.332. The smallest absolute Gasteiger partial charge is 0.407 e. The summed E-state index contributed by atoms with van der Waals surface area (Å²) in [7, 11) is -4.17. The maximum atomic E-state index is 14.2. The minimum absolute atomic E-state index is 0.0171. The number of sulfonamides is 1. The summed E-state index contributed by atoms with van der Waals surface area (Å²) in [4.78, 5) is 13.1. The zero-order chi connectivity index (χ0) is 32.0. The van der Waals surface area contributed by atoms with Crippen molar-refractivity contribution in [2.45, 2.75) is 69.0 Å². The first-order chi connectivity index (χ1) is 21.6. The number of hydrogen-bond acceptors (Lipinski definition) is 10. The third-order valence-electron chi connectivity index (χ3n) is 8.37. The second-order valence-corrected chi connectivity index (χ2v) is 14.3. The molecule has 2 aromatic carbocycles. The zero-order valence-electron chi connectivity index (χ0n) is 25.6. The highest BCUT2D eigenvalue weighted by molar-refractivity contribution is 7.89. The number of fused-ring (bicyclic) bond motifs is 2. The fourth-order valence-corrected chi connectivity index (χ4v) is 7.55. The number of ether oxygens (including phenoxy) is 5. The van der Waals surface area contributed by atoms with E-state index in [9.17, 15) is 23.6 Å². The summed E-state index contributed by atoms with van der Waals surface area (Å²) in [5.74, 6) is 0.717. The van der Waals surface area contributed by atoms with E-state index < -0.39 is 46.1 Å². The number of rotatable bonds is 13. The largest absolute Gasteiger partial charge is 0.486 e. The van der Waals surface area contributed by atoms with Crippen LogP contribution in [-0.2, 0) is 30.7 Å². The highest BCUT2D eigenvalue weighted by atomic mass is 32.2. The molecule has 4 unspecified atom stereocenters. The molecule has 0 aliphatic carbocycles. The van der Waals surface area contributed by atoms with Crippen LogP contribution in [-0.4, -0.2) is 88.0 Å². The average molecular weight is 644 g/mol. The molecule has 3 aliphatic heterocycles. The topological polar surface area (TPSA) is 157 Å². The van der Waals surface area contributed by atoms with Crippen molar-refractivity contribution >= 4 is 16.1 Å². The van der Waals surface area contributed by atoms with Gasteiger partial charge in [-0.15, -0.1) is 0 Å². The van der Waals surface area contributed by atoms with Gasteiger partial charge in [-0.05, 0) is 42.4 Å². The number of nitriles is 1. The third-order valence-corrected chi connectivity index (χ3v) is 10.2. The van der Waals surface area contributed by atoms with Crippen LogP contribution < -0.4 is 14.8 Å². The van der Waals surface area contributed by atoms with Gasteiger partial charge < -0.3 is 34.1 Å². The summed E-state index contributed by atoms with van der Waals surface area (Å²) in [6, 6.07) is 15.0. The van der Waals surface area contributed by atoms with Crippen LogP contribution in [0.2, 0.25) is 0 Å². The Hall–Kier alpha value is -3.41. The van der Waals surface area contributed by atoms with Gasteiger partial charge >= 0.3 is 6.09 Å². The number of nitrogens with zero attached hydrogens (tertiary/aromatic N) is 2. The van der Waals surface area contributed by atoms with Crippen LogP contribution >= 0.6 is 0 Å². The minimum atomic E-state index is -4.17. The molecule has 1 amide bonds. The predicted octanol–water partition coefficient (Wildman–Crippen LogP) is 3.24. The molecule has 3 heterocycles. The molecule has 0 saturated carbocycles. The van der Waals surface area contributed by atoms with Gasteiger partial charge in [0.1, 0.15) is 19.3 Å². The molecule has 5 rings (SSSR count). The van der Waals surface area contributed by atoms with Crippen LogP contribution in [0.25, 0.3) is 0 Å². The third kappa shape index (κ3) is 8.25. The van der Waals surface area contributed by atoms with Gasteiger partial charge in [0.05, 0.1) is 42.2 Å². The van der Waals surface area contributed by atoms with Gasteiger partial charge in [0.2, 0.25) is 10.0 Å². The molecule has 0 aromatic heterocycles. The monoisotopic (exact) mass is 643 g/mol. The van der Waals surface area contributed by atoms with Crippen molar-refractivity contribution in [3.63, 3.8) is 0 Å². The summed E-state index contributed by atoms with van der Waals surface area (Å²) in [5.41, 5.74) is 0.242. The van der Waals surface area contributed by atoms with E-state index in [-0.39, 0.29) is 43.4 Å². The highest BCUT2D eigenvalue weighted by Crippen LogP contribution is 2.35. The first-order valence-electron chi connectivity index (χ1n) is 15.2. The van der Waals surface area contributed by atoms with Crippen LogP contribution in [0.5, 0.6) is 11.5 Å². The van der Waals surface area contributed by atoms with Crippen molar-refractivity contribution in [2.75, 3.05) is 39.5 Å². The van der Waals surface area contributed by atoms with E-state index in [0.717, 1.165) is 5.56 Å². The molecule has 0 bridgehead atoms. The van der Waals surface area contributed by atoms with Crippen LogP contribution in [0.15, 0.2) is 53.4 Å². The van der Waals surface area contributed by atoms with Crippen molar-refractivity contribution in [1.29, 1.82) is 5.26 Å². The number of carbonyl (C=O) groups excluding carboxylic acids is 1. The number of benzene rings is 2. The van der Waals surface area contributed by atoms with Gasteiger partial charge in [-0.3, -0.25) is 0 Å². The van der Waals surface area contributed by atoms with E-state index in [0.29, 0.717) is 44.2 Å². The normalized spacial score (nSPS) is 22.3. The Morgan fingerprint density at radius 3 is 2.64 bits per heavy atom. The number of nitrogens with one attached hydrogen (secondary N) is 1. The van der Waals surface area contributed by atoms with Crippen LogP contribution in [0.1, 0.15) is 38.7 Å². The minimum Gasteiger partial charge on any atom is -0.486 e. The first-order valence-corrected chi connectivity index (χ1v) is 16.7. The summed E-state index contributed by atoms with van der Waals surface area (Å²) in [6.45, 7) is 4.87. The Kier molecular flexibility index (Phi) is 10.5. The Labute approximate surface area is 264 Å². The van der Waals surface area contributed by atoms with E-state index in [1.54, 1.807) is 6.07 Å². The zero-order valence-corrected chi connectivity index (χ0v) is 26.4. The van der Waals surface area contributed by atoms with Gasteiger partial charge in [-0.1, -0.05) is 44.2 Å². The number of carbonyl (C=O) groups is 1. The van der Waals surface area contributed by atoms with Crippen molar-refractivity contribution in [1.82, 2.24) is 9.62 Å². The van der Waals surface area contributed by atoms with Gasteiger partial charge in [-0.25, -0.2) is 13.2 Å². The summed E-state index contributed by atoms with van der Waals surface area (Å²) in [6.07, 6.45) is -1.30. The maximum absolute atomic E-state index is 14.2. The lowest BCUT2D eigenvalue weighted by Crippen LogP contribution is -2.52. The maximum Gasteiger partial charge on any atom is 0.407 e. The SMILES string of the molecule is CC(C)(CCC#N)CN(CC(O)[C@H](Cc1ccccc1)NC(=O)OC1COC2OCCC12)S(=O)(=O)c1ccc2c(c1)OCCO2. The van der Waals surface area contributed by atoms with Crippen molar-refractivity contribution in [3.8, 4) is 17.6 Å². The second-order valence-electron chi connectivity index (χ2n) is 12.4. The molecule has 2 saturated heterocycles. The highest BCUT2D eigenvalue weighted by Gasteiger charge is 2.44. The van der Waals surface area contributed by atoms with Crippen LogP contribution in [0, 0.1) is 22.7 Å². The van der Waals surface area contributed by atoms with E-state index in [4.69, 9.17) is 23.7 Å². The standard InChI is InChI=1S/C32H41N3O9S/c1-32(2,12-6-13-33)21-35(45(38,39)23-9-10-27-28(18-23)41-16-15-40-27)19-26(36)25(17-22-7-4-3-5-8-22)34-31(37)44-29-20-43-30-24(29)11-14-42-30/h3-5,7-10,18,24-26,29-30,36H,6,11-12,14-17,19-21H2,1-2H3,(H,34,37)/t24?,25-,26?,29?,30?/m0/s1. The molecule has 2 aromatic rings. The van der Waals surface area contributed by atoms with E-state index in [1.165, 1.54) is 16.4 Å². The molecule has 244 valence electrons. The molecule has 13 heteroatoms. The van der Waals surface area contributed by atoms with Crippen molar-refractivity contribution in [2.24, 2.45) is 11.3 Å². The number of hydrogen-bond donors (Lipinski definition) is 2. The molecule has 45 heavy (non-hydrogen) atoms. The fourth-order valence-electron chi connectivity index (χ4n) is 5.89. The molecule has 5 atom stereocenters. The Bertz CT molecular complexity index is 1460. The van der Waals surface area contributed by atoms with Gasteiger partial charge in [0, 0.05) is 25.6 Å². The Morgan fingerprint density at radius 2 is 1.89 bits per heavy atom. The average Bonchev–Trinajstić information content (AvgIpc) is 3.65. The fraction of sp³-hybridized carbons (Fsp3) is 0.562. The van der Waals surface area contributed by atoms with Crippen molar-refractivity contribution in [3.05, 3.63) is 54.1 Å². The molecular weight excluding hydrogens is 602 g/mol. The summed E-state index contributed by atoms with van der Waals surface area (Å²) >= 11 is 0. The molecule has 3 aliphatic rings. The van der Waals surface area contributed by atoms with Crippen LogP contribution in [0.4, 0.5) is 4.79 Å². The number of amides is 1. The lowest BCUT2D eigenvalue weighted by molar-refractivity contribution is -0.0907. The predicted molar refractivity (Wildman–Crippen MR) is 162 cm³/mol. The summed E-state index contributed by atoms with van der Waals surface area (Å²) < 4.78 is 57.6. The lowest BCUT2D eigenvalue weighted by atomic mass is 9.88. The molecular formula is C32H41N3O9S. The summed E-state index contributed by atoms with van der Waals surface area (Å²) in [5, 5.41) is 23.6. The van der Waals surface area contributed by atoms with Crippen LogP contribution in [0.3, 0.4) is 0 Å². The number of aliphatic hydroxyl groups is 1. The van der Waals surface area contributed by atoms with Gasteiger partial charge in [-0.2, -0.15) is 9.57 Å². The van der Waals surface area contributed by atoms with Gasteiger partial charge in [0.15, 0.2) is 17.8 Å². The number of aliphatic hydroxyl groups excluding tert-OH is 1. The lowest BCUT2D eigenvalue weighted by Gasteiger charge is -2.35. The molecule has 2 N–H and O–H groups in total. The van der Waals surface area contributed by atoms with E-state index >= 15 is 0 Å². The second kappa shape index (κ2) is 14.3. The first kappa shape index (κ1) is 33.0. The Morgan fingerprint density at radius 1 is 1.13 bits per heavy atom. The molecule has 0 spiro atoms. The van der Waals surface area contributed by atoms with Crippen molar-refractivity contribution < 1.29 is 42.0 Å².